The number of benzene rings is 1. The van der Waals surface area contributed by atoms with E-state index in [1.165, 1.54) is 0 Å². The van der Waals surface area contributed by atoms with Crippen molar-refractivity contribution in [2.75, 3.05) is 18.5 Å². The summed E-state index contributed by atoms with van der Waals surface area (Å²) in [5, 5.41) is 10.5. The van der Waals surface area contributed by atoms with E-state index in [0.29, 0.717) is 30.5 Å². The first-order chi connectivity index (χ1) is 10.1. The Morgan fingerprint density at radius 2 is 2.00 bits per heavy atom. The van der Waals surface area contributed by atoms with E-state index in [1.807, 2.05) is 32.0 Å². The Kier molecular flexibility index (Phi) is 5.27. The third-order valence-corrected chi connectivity index (χ3v) is 2.77. The molecule has 1 heterocycles. The van der Waals surface area contributed by atoms with Crippen molar-refractivity contribution in [1.82, 2.24) is 10.2 Å². The Bertz CT molecular complexity index is 587. The lowest BCUT2D eigenvalue weighted by atomic mass is 10.2. The van der Waals surface area contributed by atoms with Crippen molar-refractivity contribution >= 4 is 23.3 Å². The summed E-state index contributed by atoms with van der Waals surface area (Å²) in [6.45, 7) is 6.74. The van der Waals surface area contributed by atoms with Crippen molar-refractivity contribution in [1.29, 1.82) is 0 Å². The Labute approximate surface area is 128 Å². The minimum atomic E-state index is -0.339. The van der Waals surface area contributed by atoms with Crippen molar-refractivity contribution in [3.63, 3.8) is 0 Å². The lowest BCUT2D eigenvalue weighted by molar-refractivity contribution is 0.332. The topological polar surface area (TPSA) is 69.4 Å². The first-order valence-corrected chi connectivity index (χ1v) is 7.21. The molecule has 0 saturated heterocycles. The molecule has 1 aromatic carbocycles. The van der Waals surface area contributed by atoms with Gasteiger partial charge in [0, 0.05) is 6.07 Å². The fourth-order valence-electron chi connectivity index (χ4n) is 1.71. The van der Waals surface area contributed by atoms with Crippen molar-refractivity contribution in [2.45, 2.75) is 26.1 Å². The van der Waals surface area contributed by atoms with Gasteiger partial charge in [-0.3, -0.25) is 0 Å². The van der Waals surface area contributed by atoms with E-state index in [4.69, 9.17) is 25.5 Å². The Hall–Kier alpha value is -1.95. The molecular weight excluding hydrogens is 294 g/mol. The van der Waals surface area contributed by atoms with Crippen LogP contribution in [0.1, 0.15) is 32.0 Å². The Balaban J connectivity index is 2.24. The Morgan fingerprint density at radius 3 is 2.62 bits per heavy atom. The third kappa shape index (κ3) is 4.01. The van der Waals surface area contributed by atoms with Gasteiger partial charge in [0.2, 0.25) is 5.89 Å². The first kappa shape index (κ1) is 15.4. The van der Waals surface area contributed by atoms with Crippen LogP contribution in [0.25, 0.3) is 0 Å². The van der Waals surface area contributed by atoms with Crippen molar-refractivity contribution in [3.05, 3.63) is 24.1 Å². The molecule has 6 nitrogen and oxygen atoms in total. The number of aromatic nitrogens is 2. The molecule has 0 amide bonds. The maximum atomic E-state index is 5.90. The fraction of sp³-hybridized carbons (Fsp3) is 0.429. The van der Waals surface area contributed by atoms with E-state index in [-0.39, 0.29) is 11.4 Å². The number of anilines is 2. The predicted molar refractivity (Wildman–Crippen MR) is 80.6 cm³/mol. The van der Waals surface area contributed by atoms with Gasteiger partial charge in [-0.15, -0.1) is 16.7 Å². The Morgan fingerprint density at radius 1 is 1.24 bits per heavy atom. The van der Waals surface area contributed by atoms with Gasteiger partial charge < -0.3 is 19.2 Å². The average molecular weight is 312 g/mol. The van der Waals surface area contributed by atoms with Gasteiger partial charge >= 0.3 is 6.01 Å². The van der Waals surface area contributed by atoms with E-state index in [0.717, 1.165) is 5.75 Å². The van der Waals surface area contributed by atoms with Crippen LogP contribution in [-0.4, -0.2) is 23.4 Å². The number of ether oxygens (including phenoxy) is 2. The van der Waals surface area contributed by atoms with Crippen molar-refractivity contribution in [3.8, 4) is 11.5 Å². The van der Waals surface area contributed by atoms with E-state index >= 15 is 0 Å². The summed E-state index contributed by atoms with van der Waals surface area (Å²) in [5.74, 6) is 1.77. The quantitative estimate of drug-likeness (QED) is 0.782. The molecule has 114 valence electrons. The molecule has 7 heteroatoms. The zero-order valence-electron chi connectivity index (χ0n) is 12.2. The van der Waals surface area contributed by atoms with E-state index in [1.54, 1.807) is 6.92 Å². The lowest BCUT2D eigenvalue weighted by Gasteiger charge is -2.12. The van der Waals surface area contributed by atoms with Gasteiger partial charge in [-0.05, 0) is 32.9 Å². The molecule has 0 aliphatic rings. The standard InChI is InChI=1S/C14H18ClN3O3/c1-4-19-10-6-7-12(20-5-2)11(8-10)16-14-18-17-13(21-14)9(3)15/h6-9H,4-5H2,1-3H3,(H,16,18). The zero-order valence-corrected chi connectivity index (χ0v) is 13.0. The van der Waals surface area contributed by atoms with E-state index in [2.05, 4.69) is 15.5 Å². The number of rotatable bonds is 7. The number of alkyl halides is 1. The van der Waals surface area contributed by atoms with Crippen LogP contribution < -0.4 is 14.8 Å². The number of hydrogen-bond acceptors (Lipinski definition) is 6. The number of nitrogens with one attached hydrogen (secondary N) is 1. The van der Waals surface area contributed by atoms with Crippen molar-refractivity contribution in [2.24, 2.45) is 0 Å². The highest BCUT2D eigenvalue weighted by Gasteiger charge is 2.13. The molecule has 0 spiro atoms. The van der Waals surface area contributed by atoms with Crippen molar-refractivity contribution < 1.29 is 13.9 Å². The van der Waals surface area contributed by atoms with Gasteiger partial charge in [0.1, 0.15) is 16.9 Å². The van der Waals surface area contributed by atoms with Gasteiger partial charge in [0.25, 0.3) is 0 Å². The molecule has 1 unspecified atom stereocenters. The van der Waals surface area contributed by atoms with Crippen LogP contribution in [0.5, 0.6) is 11.5 Å². The zero-order chi connectivity index (χ0) is 15.2. The summed E-state index contributed by atoms with van der Waals surface area (Å²) in [6, 6.07) is 5.76. The smallest absolute Gasteiger partial charge is 0.320 e. The van der Waals surface area contributed by atoms with Gasteiger partial charge in [0.05, 0.1) is 18.9 Å². The summed E-state index contributed by atoms with van der Waals surface area (Å²) in [4.78, 5) is 0. The van der Waals surface area contributed by atoms with Crippen LogP contribution in [0.3, 0.4) is 0 Å². The predicted octanol–water partition coefficient (Wildman–Crippen LogP) is 3.91. The highest BCUT2D eigenvalue weighted by Crippen LogP contribution is 2.32. The SMILES string of the molecule is CCOc1ccc(OCC)c(Nc2nnc(C(C)Cl)o2)c1. The molecule has 21 heavy (non-hydrogen) atoms. The largest absolute Gasteiger partial charge is 0.494 e. The molecule has 0 bridgehead atoms. The molecule has 2 rings (SSSR count). The monoisotopic (exact) mass is 311 g/mol. The van der Waals surface area contributed by atoms with Gasteiger partial charge in [0.15, 0.2) is 0 Å². The van der Waals surface area contributed by atoms with Crippen LogP contribution in [-0.2, 0) is 0 Å². The minimum absolute atomic E-state index is 0.257. The van der Waals surface area contributed by atoms with E-state index in [9.17, 15) is 0 Å². The summed E-state index contributed by atoms with van der Waals surface area (Å²) < 4.78 is 16.5. The molecule has 0 aliphatic heterocycles. The third-order valence-electron chi connectivity index (χ3n) is 2.58. The summed E-state index contributed by atoms with van der Waals surface area (Å²) in [5.41, 5.74) is 0.695. The molecule has 0 saturated carbocycles. The second-order valence-electron chi connectivity index (χ2n) is 4.21. The molecular formula is C14H18ClN3O3. The average Bonchev–Trinajstić information content (AvgIpc) is 2.91. The molecule has 1 aromatic heterocycles. The number of halogens is 1. The number of hydrogen-bond donors (Lipinski definition) is 1. The molecule has 2 aromatic rings. The highest BCUT2D eigenvalue weighted by atomic mass is 35.5. The highest BCUT2D eigenvalue weighted by molar-refractivity contribution is 6.20. The van der Waals surface area contributed by atoms with Gasteiger partial charge in [-0.25, -0.2) is 0 Å². The van der Waals surface area contributed by atoms with Crippen LogP contribution >= 0.6 is 11.6 Å². The second kappa shape index (κ2) is 7.17. The second-order valence-corrected chi connectivity index (χ2v) is 4.87. The lowest BCUT2D eigenvalue weighted by Crippen LogP contribution is -1.99. The van der Waals surface area contributed by atoms with E-state index < -0.39 is 0 Å². The molecule has 0 aliphatic carbocycles. The van der Waals surface area contributed by atoms with Crippen LogP contribution in [0.15, 0.2) is 22.6 Å². The van der Waals surface area contributed by atoms with Gasteiger partial charge in [-0.2, -0.15) is 0 Å². The summed E-state index contributed by atoms with van der Waals surface area (Å²) in [7, 11) is 0. The van der Waals surface area contributed by atoms with Crippen LogP contribution in [0.2, 0.25) is 0 Å². The summed E-state index contributed by atoms with van der Waals surface area (Å²) >= 11 is 5.90. The fourth-order valence-corrected chi connectivity index (χ4v) is 1.79. The summed E-state index contributed by atoms with van der Waals surface area (Å²) in [6.07, 6.45) is 0. The normalized spacial score (nSPS) is 12.0. The van der Waals surface area contributed by atoms with Crippen LogP contribution in [0, 0.1) is 0 Å². The maximum absolute atomic E-state index is 5.90. The minimum Gasteiger partial charge on any atom is -0.494 e. The first-order valence-electron chi connectivity index (χ1n) is 6.78. The number of nitrogens with zero attached hydrogens (tertiary/aromatic N) is 2. The molecule has 0 radical (unpaired) electrons. The molecule has 0 fully saturated rings. The maximum Gasteiger partial charge on any atom is 0.320 e. The molecule has 1 N–H and O–H groups in total. The molecule has 1 atom stereocenters. The van der Waals surface area contributed by atoms with Crippen LogP contribution in [0.4, 0.5) is 11.7 Å². The van der Waals surface area contributed by atoms with Gasteiger partial charge in [-0.1, -0.05) is 5.10 Å².